The van der Waals surface area contributed by atoms with E-state index in [1.54, 1.807) is 0 Å². The number of nitrogens with one attached hydrogen (secondary N) is 1. The molecule has 272 valence electrons. The van der Waals surface area contributed by atoms with Crippen molar-refractivity contribution in [1.82, 2.24) is 5.32 Å². The van der Waals surface area contributed by atoms with Gasteiger partial charge >= 0.3 is 0 Å². The highest BCUT2D eigenvalue weighted by atomic mass is 16.3. The highest BCUT2D eigenvalue weighted by molar-refractivity contribution is 6.20. The van der Waals surface area contributed by atoms with Gasteiger partial charge in [-0.15, -0.1) is 0 Å². The van der Waals surface area contributed by atoms with E-state index in [1.165, 1.54) is 5.39 Å². The molecule has 1 N–H and O–H groups in total. The molecular formula is C53H33N3O2. The van der Waals surface area contributed by atoms with E-state index < -0.39 is 6.17 Å². The number of hydrogen-bond acceptors (Lipinski definition) is 5. The summed E-state index contributed by atoms with van der Waals surface area (Å²) in [4.78, 5) is 10.8. The highest BCUT2D eigenvalue weighted by Gasteiger charge is 2.26. The lowest BCUT2D eigenvalue weighted by atomic mass is 9.92. The van der Waals surface area contributed by atoms with Gasteiger partial charge in [-0.3, -0.25) is 0 Å². The monoisotopic (exact) mass is 743 g/mol. The molecule has 0 aliphatic carbocycles. The van der Waals surface area contributed by atoms with Crippen molar-refractivity contribution in [1.29, 1.82) is 0 Å². The predicted octanol–water partition coefficient (Wildman–Crippen LogP) is 13.6. The van der Waals surface area contributed by atoms with Crippen molar-refractivity contribution in [3.63, 3.8) is 0 Å². The van der Waals surface area contributed by atoms with Gasteiger partial charge in [0.1, 0.15) is 34.3 Å². The average molecular weight is 744 g/mol. The maximum absolute atomic E-state index is 6.71. The van der Waals surface area contributed by atoms with E-state index in [0.717, 1.165) is 105 Å². The first-order valence-corrected chi connectivity index (χ1v) is 19.6. The standard InChI is InChI=1S/C53H33N3O2/c1-2-14-33(15-3-1)39-20-10-22-42-48-40(21-11-26-47(48)58-50(39)42)44-31-37(30-35-17-6-7-18-38(35)44)52-54-51(36-28-27-32-13-4-5-16-34(32)29-36)55-53(56-52)43-23-12-25-46-49(43)41-19-8-9-24-45(41)57-46/h1-31,53H,(H,54,55,56). The van der Waals surface area contributed by atoms with Gasteiger partial charge in [0.05, 0.1) is 0 Å². The summed E-state index contributed by atoms with van der Waals surface area (Å²) in [6.45, 7) is 0. The number of benzene rings is 9. The van der Waals surface area contributed by atoms with Crippen LogP contribution in [0.25, 0.3) is 87.7 Å². The fourth-order valence-electron chi connectivity index (χ4n) is 8.83. The molecule has 11 aromatic rings. The van der Waals surface area contributed by atoms with Gasteiger partial charge in [0, 0.05) is 43.8 Å². The summed E-state index contributed by atoms with van der Waals surface area (Å²) in [5.41, 5.74) is 10.7. The third-order valence-corrected chi connectivity index (χ3v) is 11.5. The van der Waals surface area contributed by atoms with Crippen LogP contribution in [0.2, 0.25) is 0 Å². The van der Waals surface area contributed by atoms with Crippen molar-refractivity contribution < 1.29 is 8.83 Å². The molecule has 0 saturated heterocycles. The second kappa shape index (κ2) is 12.9. The van der Waals surface area contributed by atoms with Gasteiger partial charge in [-0.25, -0.2) is 9.98 Å². The molecule has 1 atom stereocenters. The number of fused-ring (bicyclic) bond motifs is 8. The van der Waals surface area contributed by atoms with Crippen molar-refractivity contribution in [2.45, 2.75) is 6.17 Å². The first-order chi connectivity index (χ1) is 28.7. The fraction of sp³-hybridized carbons (Fsp3) is 0.0189. The molecule has 2 aromatic heterocycles. The predicted molar refractivity (Wildman–Crippen MR) is 239 cm³/mol. The Balaban J connectivity index is 1.09. The van der Waals surface area contributed by atoms with Crippen LogP contribution in [0.15, 0.2) is 207 Å². The molecule has 9 aromatic carbocycles. The molecule has 5 heteroatoms. The van der Waals surface area contributed by atoms with Crippen LogP contribution in [0.4, 0.5) is 0 Å². The van der Waals surface area contributed by atoms with E-state index in [-0.39, 0.29) is 0 Å². The highest BCUT2D eigenvalue weighted by Crippen LogP contribution is 2.43. The van der Waals surface area contributed by atoms with Crippen molar-refractivity contribution in [3.05, 3.63) is 205 Å². The quantitative estimate of drug-likeness (QED) is 0.191. The largest absolute Gasteiger partial charge is 0.456 e. The van der Waals surface area contributed by atoms with Gasteiger partial charge in [-0.05, 0) is 74.6 Å². The molecule has 1 aliphatic rings. The van der Waals surface area contributed by atoms with E-state index in [4.69, 9.17) is 18.8 Å². The van der Waals surface area contributed by atoms with Crippen molar-refractivity contribution in [2.24, 2.45) is 9.98 Å². The number of rotatable bonds is 5. The normalized spacial score (nSPS) is 14.4. The Morgan fingerprint density at radius 3 is 1.98 bits per heavy atom. The van der Waals surface area contributed by atoms with E-state index in [2.05, 4.69) is 163 Å². The van der Waals surface area contributed by atoms with Crippen LogP contribution < -0.4 is 5.32 Å². The Bertz CT molecular complexity index is 3500. The van der Waals surface area contributed by atoms with Gasteiger partial charge in [0.2, 0.25) is 0 Å². The van der Waals surface area contributed by atoms with E-state index in [1.807, 2.05) is 30.3 Å². The van der Waals surface area contributed by atoms with Crippen LogP contribution in [0.3, 0.4) is 0 Å². The maximum Gasteiger partial charge on any atom is 0.159 e. The van der Waals surface area contributed by atoms with Crippen LogP contribution in [0.1, 0.15) is 22.9 Å². The zero-order valence-electron chi connectivity index (χ0n) is 31.2. The molecule has 3 heterocycles. The van der Waals surface area contributed by atoms with Gasteiger partial charge < -0.3 is 14.2 Å². The van der Waals surface area contributed by atoms with Crippen LogP contribution in [-0.2, 0) is 0 Å². The topological polar surface area (TPSA) is 63.0 Å². The van der Waals surface area contributed by atoms with Crippen LogP contribution in [-0.4, -0.2) is 11.7 Å². The van der Waals surface area contributed by atoms with E-state index in [0.29, 0.717) is 5.84 Å². The third kappa shape index (κ3) is 5.17. The summed E-state index contributed by atoms with van der Waals surface area (Å²) in [5, 5.41) is 12.6. The van der Waals surface area contributed by atoms with Crippen molar-refractivity contribution in [3.8, 4) is 22.3 Å². The van der Waals surface area contributed by atoms with Gasteiger partial charge in [-0.2, -0.15) is 0 Å². The van der Waals surface area contributed by atoms with Crippen LogP contribution in [0, 0.1) is 0 Å². The van der Waals surface area contributed by atoms with Crippen molar-refractivity contribution in [2.75, 3.05) is 0 Å². The Hall–Kier alpha value is -7.76. The summed E-state index contributed by atoms with van der Waals surface area (Å²) in [6, 6.07) is 65.7. The Kier molecular flexibility index (Phi) is 7.23. The van der Waals surface area contributed by atoms with Crippen LogP contribution in [0.5, 0.6) is 0 Å². The summed E-state index contributed by atoms with van der Waals surface area (Å²) in [7, 11) is 0. The Morgan fingerprint density at radius 1 is 0.414 bits per heavy atom. The first kappa shape index (κ1) is 32.5. The molecule has 0 radical (unpaired) electrons. The van der Waals surface area contributed by atoms with Gasteiger partial charge in [-0.1, -0.05) is 152 Å². The molecule has 0 bridgehead atoms. The van der Waals surface area contributed by atoms with Crippen molar-refractivity contribution >= 4 is 77.1 Å². The van der Waals surface area contributed by atoms with Crippen LogP contribution >= 0.6 is 0 Å². The van der Waals surface area contributed by atoms with E-state index in [9.17, 15) is 0 Å². The molecule has 0 fully saturated rings. The minimum atomic E-state index is -0.439. The number of para-hydroxylation sites is 2. The van der Waals surface area contributed by atoms with E-state index >= 15 is 0 Å². The molecule has 0 amide bonds. The Morgan fingerprint density at radius 2 is 1.09 bits per heavy atom. The molecule has 1 aliphatic heterocycles. The molecule has 1 unspecified atom stereocenters. The molecule has 58 heavy (non-hydrogen) atoms. The minimum Gasteiger partial charge on any atom is -0.456 e. The second-order valence-corrected chi connectivity index (χ2v) is 14.9. The van der Waals surface area contributed by atoms with Gasteiger partial charge in [0.25, 0.3) is 0 Å². The molecule has 12 rings (SSSR count). The summed E-state index contributed by atoms with van der Waals surface area (Å²) in [5.74, 6) is 1.41. The average Bonchev–Trinajstić information content (AvgIpc) is 3.88. The molecule has 0 spiro atoms. The lowest BCUT2D eigenvalue weighted by Gasteiger charge is -2.25. The lowest BCUT2D eigenvalue weighted by Crippen LogP contribution is -2.33. The molecule has 5 nitrogen and oxygen atoms in total. The second-order valence-electron chi connectivity index (χ2n) is 14.9. The zero-order valence-corrected chi connectivity index (χ0v) is 31.2. The molecular weight excluding hydrogens is 711 g/mol. The lowest BCUT2D eigenvalue weighted by molar-refractivity contribution is 0.662. The fourth-order valence-corrected chi connectivity index (χ4v) is 8.83. The number of aliphatic imine (C=N–C) groups is 2. The summed E-state index contributed by atoms with van der Waals surface area (Å²) < 4.78 is 13.1. The number of nitrogens with zero attached hydrogens (tertiary/aromatic N) is 2. The minimum absolute atomic E-state index is 0.439. The number of amidine groups is 2. The maximum atomic E-state index is 6.71. The summed E-state index contributed by atoms with van der Waals surface area (Å²) >= 11 is 0. The smallest absolute Gasteiger partial charge is 0.159 e. The SMILES string of the molecule is c1ccc(-c2cccc3c2oc2cccc(-c4cc(C5=NC(c6cccc7oc8ccccc8c67)NC(c6ccc7ccccc7c6)=N5)cc5ccccc45)c23)cc1. The number of furan rings is 2. The first-order valence-electron chi connectivity index (χ1n) is 19.6. The number of hydrogen-bond donors (Lipinski definition) is 1. The molecule has 0 saturated carbocycles. The Labute approximate surface area is 333 Å². The summed E-state index contributed by atoms with van der Waals surface area (Å²) in [6.07, 6.45) is -0.439. The third-order valence-electron chi connectivity index (χ3n) is 11.5. The van der Waals surface area contributed by atoms with Gasteiger partial charge in [0.15, 0.2) is 5.84 Å². The zero-order chi connectivity index (χ0) is 38.2.